The van der Waals surface area contributed by atoms with Crippen LogP contribution in [0.2, 0.25) is 5.02 Å². The molecule has 4 aromatic carbocycles. The number of methoxy groups -OCH3 is 1. The van der Waals surface area contributed by atoms with Crippen molar-refractivity contribution in [2.75, 3.05) is 33.8 Å². The summed E-state index contributed by atoms with van der Waals surface area (Å²) in [6.45, 7) is 34.6. The molecule has 0 aliphatic carbocycles. The van der Waals surface area contributed by atoms with Crippen LogP contribution in [0.4, 0.5) is 0 Å². The number of ether oxygens (including phenoxy) is 1. The quantitative estimate of drug-likeness (QED) is 0.0389. The molecule has 0 radical (unpaired) electrons. The number of halogens is 1. The van der Waals surface area contributed by atoms with Crippen LogP contribution in [0, 0.1) is 13.8 Å². The molecule has 0 saturated heterocycles. The first-order valence-electron chi connectivity index (χ1n) is 23.7. The maximum Gasteiger partial charge on any atom is 0.204 e. The van der Waals surface area contributed by atoms with E-state index in [0.29, 0.717) is 24.0 Å². The molecule has 2 heterocycles. The van der Waals surface area contributed by atoms with Gasteiger partial charge in [-0.1, -0.05) is 119 Å². The first-order valence-corrected chi connectivity index (χ1v) is 24.0. The Bertz CT molecular complexity index is 2480. The predicted octanol–water partition coefficient (Wildman–Crippen LogP) is 11.9. The van der Waals surface area contributed by atoms with Crippen LogP contribution < -0.4 is 21.1 Å². The molecule has 1 atom stereocenters. The van der Waals surface area contributed by atoms with Gasteiger partial charge in [-0.3, -0.25) is 24.3 Å². The van der Waals surface area contributed by atoms with Gasteiger partial charge in [0.05, 0.1) is 30.8 Å². The van der Waals surface area contributed by atoms with Crippen molar-refractivity contribution in [2.45, 2.75) is 107 Å². The van der Waals surface area contributed by atoms with Crippen LogP contribution in [0.15, 0.2) is 137 Å². The standard InChI is InChI=1S/C22H21ClN4.C21H26N2O.C9H20N2.C4H8.CH3NO/c1-4-6-19-22-26-25-14(3)27(22)20-13-15(5-2)7-12-18(20)21(24-19)16-8-10-17(23)11-9-16;1-6-17-8-10-18(11-9-17)21(23-14-16(3)22-4)20-13-19(24-5)12-7-15(20)2;1-5-9(4)11-7-6-10-8(2)3;1-4(2)3;2-1-3/h4,7-13,19H,1,5-6H2,2-3H3;7-13H,6,14H2,1-5H3;8,10-11H,4-7H2,1-3H3;1H2,2-3H3;1H,(H2,2,3)/t19-;;;;/m1..../s1. The van der Waals surface area contributed by atoms with E-state index >= 15 is 0 Å². The summed E-state index contributed by atoms with van der Waals surface area (Å²) in [7, 11) is 3.49. The minimum atomic E-state index is -0.133. The molecule has 1 aromatic heterocycles. The monoisotopic (exact) mass is 956 g/mol. The Labute approximate surface area is 418 Å². The van der Waals surface area contributed by atoms with E-state index in [-0.39, 0.29) is 12.5 Å². The fourth-order valence-corrected chi connectivity index (χ4v) is 6.84. The fourth-order valence-electron chi connectivity index (χ4n) is 6.71. The number of rotatable bonds is 16. The highest BCUT2D eigenvalue weighted by Crippen LogP contribution is 2.33. The van der Waals surface area contributed by atoms with Crippen LogP contribution in [0.5, 0.6) is 5.75 Å². The molecule has 69 heavy (non-hydrogen) atoms. The number of allylic oxidation sites excluding steroid dienone is 2. The zero-order chi connectivity index (χ0) is 51.5. The number of carbonyl (C=O) groups is 1. The number of amides is 1. The van der Waals surface area contributed by atoms with Gasteiger partial charge in [-0.2, -0.15) is 0 Å². The van der Waals surface area contributed by atoms with Gasteiger partial charge in [0.2, 0.25) is 6.41 Å². The molecule has 11 nitrogen and oxygen atoms in total. The summed E-state index contributed by atoms with van der Waals surface area (Å²) in [6.07, 6.45) is 5.85. The fraction of sp³-hybridized carbons (Fsp3) is 0.368. The van der Waals surface area contributed by atoms with E-state index in [9.17, 15) is 0 Å². The molecule has 1 aliphatic heterocycles. The van der Waals surface area contributed by atoms with Crippen LogP contribution in [-0.4, -0.2) is 78.1 Å². The minimum absolute atomic E-state index is 0.133. The van der Waals surface area contributed by atoms with Crippen molar-refractivity contribution in [3.63, 3.8) is 0 Å². The molecule has 0 spiro atoms. The zero-order valence-electron chi connectivity index (χ0n) is 43.4. The SMILES string of the molecule is C=C(C)C.C=C(CC)NCCNC(C)C.C=CC[C@H]1N=C(c2ccc(Cl)cc2)c2ccc(CC)cc2-n2c(C)nnc21.CCc1ccc(C(=NCC(C)=NC)c2cc(OC)ccc2C)cc1.NC=O. The van der Waals surface area contributed by atoms with Crippen LogP contribution in [-0.2, 0) is 17.6 Å². The molecule has 370 valence electrons. The van der Waals surface area contributed by atoms with E-state index in [1.165, 1.54) is 22.3 Å². The number of hydrogen-bond donors (Lipinski definition) is 3. The Morgan fingerprint density at radius 2 is 1.54 bits per heavy atom. The van der Waals surface area contributed by atoms with Gasteiger partial charge >= 0.3 is 0 Å². The summed E-state index contributed by atoms with van der Waals surface area (Å²) < 4.78 is 7.53. The van der Waals surface area contributed by atoms with E-state index in [1.54, 1.807) is 14.2 Å². The minimum Gasteiger partial charge on any atom is -0.497 e. The second-order valence-electron chi connectivity index (χ2n) is 16.9. The smallest absolute Gasteiger partial charge is 0.204 e. The van der Waals surface area contributed by atoms with Gasteiger partial charge in [-0.15, -0.1) is 23.4 Å². The van der Waals surface area contributed by atoms with Crippen molar-refractivity contribution >= 4 is 35.1 Å². The predicted molar refractivity (Wildman–Crippen MR) is 295 cm³/mol. The van der Waals surface area contributed by atoms with E-state index in [4.69, 9.17) is 31.1 Å². The summed E-state index contributed by atoms with van der Waals surface area (Å²) in [5.74, 6) is 2.56. The molecule has 6 rings (SSSR count). The van der Waals surface area contributed by atoms with Crippen molar-refractivity contribution in [1.29, 1.82) is 0 Å². The molecule has 1 amide bonds. The molecule has 0 saturated carbocycles. The van der Waals surface area contributed by atoms with Crippen LogP contribution in [0.1, 0.15) is 125 Å². The number of aliphatic imine (C=N–C) groups is 3. The number of aromatic nitrogens is 3. The molecule has 0 bridgehead atoms. The third-order valence-electron chi connectivity index (χ3n) is 10.6. The lowest BCUT2D eigenvalue weighted by Crippen LogP contribution is -2.31. The molecular formula is C57H78ClN9O2. The van der Waals surface area contributed by atoms with Crippen LogP contribution >= 0.6 is 11.6 Å². The van der Waals surface area contributed by atoms with E-state index in [0.717, 1.165) is 101 Å². The molecule has 0 fully saturated rings. The Hall–Kier alpha value is -6.43. The van der Waals surface area contributed by atoms with Gasteiger partial charge in [-0.05, 0) is 107 Å². The second kappa shape index (κ2) is 31.6. The lowest BCUT2D eigenvalue weighted by atomic mass is 9.96. The lowest BCUT2D eigenvalue weighted by molar-refractivity contribution is -0.106. The third-order valence-corrected chi connectivity index (χ3v) is 10.8. The van der Waals surface area contributed by atoms with E-state index in [2.05, 4.69) is 152 Å². The van der Waals surface area contributed by atoms with Gasteiger partial charge in [0.15, 0.2) is 5.82 Å². The number of hydrogen-bond acceptors (Lipinski definition) is 9. The number of primary amides is 1. The lowest BCUT2D eigenvalue weighted by Gasteiger charge is -2.14. The highest BCUT2D eigenvalue weighted by atomic mass is 35.5. The molecule has 4 N–H and O–H groups in total. The summed E-state index contributed by atoms with van der Waals surface area (Å²) in [5.41, 5.74) is 18.6. The summed E-state index contributed by atoms with van der Waals surface area (Å²) >= 11 is 6.10. The summed E-state index contributed by atoms with van der Waals surface area (Å²) in [4.78, 5) is 22.8. The van der Waals surface area contributed by atoms with Gasteiger partial charge in [-0.25, -0.2) is 0 Å². The highest BCUT2D eigenvalue weighted by molar-refractivity contribution is 6.30. The number of fused-ring (bicyclic) bond motifs is 3. The Kier molecular flexibility index (Phi) is 26.9. The Balaban J connectivity index is 0.000000354. The molecular weight excluding hydrogens is 878 g/mol. The maximum atomic E-state index is 8.58. The first-order chi connectivity index (χ1) is 33.0. The van der Waals surface area contributed by atoms with Crippen LogP contribution in [0.3, 0.4) is 0 Å². The Morgan fingerprint density at radius 3 is 2.09 bits per heavy atom. The highest BCUT2D eigenvalue weighted by Gasteiger charge is 2.27. The number of aryl methyl sites for hydroxylation is 4. The van der Waals surface area contributed by atoms with Crippen molar-refractivity contribution in [3.8, 4) is 11.4 Å². The Morgan fingerprint density at radius 1 is 0.913 bits per heavy atom. The summed E-state index contributed by atoms with van der Waals surface area (Å²) in [6, 6.07) is 29.6. The largest absolute Gasteiger partial charge is 0.497 e. The van der Waals surface area contributed by atoms with Crippen molar-refractivity contribution in [2.24, 2.45) is 20.7 Å². The maximum absolute atomic E-state index is 8.58. The average molecular weight is 957 g/mol. The van der Waals surface area contributed by atoms with Crippen LogP contribution in [0.25, 0.3) is 5.69 Å². The van der Waals surface area contributed by atoms with Gasteiger partial charge in [0.25, 0.3) is 0 Å². The number of nitrogens with zero attached hydrogens (tertiary/aromatic N) is 6. The number of nitrogens with one attached hydrogen (secondary N) is 2. The summed E-state index contributed by atoms with van der Waals surface area (Å²) in [5, 5.41) is 16.0. The molecule has 12 heteroatoms. The van der Waals surface area contributed by atoms with Gasteiger partial charge < -0.3 is 21.1 Å². The first kappa shape index (κ1) is 58.7. The molecule has 0 unspecified atom stereocenters. The normalized spacial score (nSPS) is 12.6. The third kappa shape index (κ3) is 19.6. The number of carbonyl (C=O) groups excluding carboxylic acids is 1. The van der Waals surface area contributed by atoms with E-state index < -0.39 is 0 Å². The van der Waals surface area contributed by atoms with Gasteiger partial charge in [0, 0.05) is 64.9 Å². The topological polar surface area (TPSA) is 144 Å². The van der Waals surface area contributed by atoms with Crippen molar-refractivity contribution in [3.05, 3.63) is 178 Å². The average Bonchev–Trinajstić information content (AvgIpc) is 3.67. The second-order valence-corrected chi connectivity index (χ2v) is 17.3. The molecule has 1 aliphatic rings. The zero-order valence-corrected chi connectivity index (χ0v) is 44.2. The van der Waals surface area contributed by atoms with E-state index in [1.807, 2.05) is 64.1 Å². The van der Waals surface area contributed by atoms with Gasteiger partial charge in [0.1, 0.15) is 17.6 Å². The number of nitrogens with two attached hydrogens (primary N) is 1. The van der Waals surface area contributed by atoms with Crippen molar-refractivity contribution < 1.29 is 9.53 Å². The van der Waals surface area contributed by atoms with Crippen molar-refractivity contribution in [1.82, 2.24) is 25.4 Å². The molecule has 5 aromatic rings. The number of benzene rings is 4.